The third-order valence-corrected chi connectivity index (χ3v) is 2.97. The minimum atomic E-state index is 0.332. The zero-order valence-corrected chi connectivity index (χ0v) is 13.0. The molecule has 0 amide bonds. The van der Waals surface area contributed by atoms with Gasteiger partial charge in [-0.2, -0.15) is 20.1 Å². The lowest BCUT2D eigenvalue weighted by Crippen LogP contribution is -2.07. The molecule has 0 aliphatic carbocycles. The molecule has 2 heterocycles. The number of benzene rings is 1. The Bertz CT molecular complexity index is 805. The van der Waals surface area contributed by atoms with Gasteiger partial charge in [-0.05, 0) is 29.8 Å². The number of hydrogen-bond donors (Lipinski definition) is 3. The molecule has 120 valence electrons. The quantitative estimate of drug-likeness (QED) is 0.474. The summed E-state index contributed by atoms with van der Waals surface area (Å²) < 4.78 is 0. The Morgan fingerprint density at radius 1 is 0.875 bits per heavy atom. The number of hydrogen-bond acceptors (Lipinski definition) is 8. The van der Waals surface area contributed by atoms with Crippen molar-refractivity contribution in [1.29, 1.82) is 0 Å². The van der Waals surface area contributed by atoms with Crippen LogP contribution in [0, 0.1) is 0 Å². The van der Waals surface area contributed by atoms with Crippen LogP contribution in [0.4, 0.5) is 23.5 Å². The highest BCUT2D eigenvalue weighted by Crippen LogP contribution is 2.15. The minimum absolute atomic E-state index is 0.332. The van der Waals surface area contributed by atoms with Crippen molar-refractivity contribution in [1.82, 2.24) is 19.9 Å². The van der Waals surface area contributed by atoms with Gasteiger partial charge in [-0.25, -0.2) is 5.43 Å². The van der Waals surface area contributed by atoms with E-state index in [-0.39, 0.29) is 0 Å². The van der Waals surface area contributed by atoms with Gasteiger partial charge in [0.2, 0.25) is 17.8 Å². The maximum absolute atomic E-state index is 4.30. The first-order valence-electron chi connectivity index (χ1n) is 7.28. The molecule has 0 fully saturated rings. The molecule has 3 aromatic rings. The van der Waals surface area contributed by atoms with E-state index in [4.69, 9.17) is 0 Å². The molecule has 0 unspecified atom stereocenters. The van der Waals surface area contributed by atoms with Crippen molar-refractivity contribution in [2.75, 3.05) is 23.1 Å². The van der Waals surface area contributed by atoms with E-state index in [1.165, 1.54) is 0 Å². The van der Waals surface area contributed by atoms with Gasteiger partial charge in [-0.15, -0.1) is 0 Å². The van der Waals surface area contributed by atoms with Crippen molar-refractivity contribution < 1.29 is 0 Å². The third-order valence-electron chi connectivity index (χ3n) is 2.97. The summed E-state index contributed by atoms with van der Waals surface area (Å²) in [6.07, 6.45) is 5.06. The molecule has 0 aliphatic rings. The number of aromatic nitrogens is 4. The molecule has 3 rings (SSSR count). The van der Waals surface area contributed by atoms with E-state index in [0.29, 0.717) is 17.8 Å². The van der Waals surface area contributed by atoms with Gasteiger partial charge in [0.25, 0.3) is 0 Å². The summed E-state index contributed by atoms with van der Waals surface area (Å²) in [5, 5.41) is 10.1. The molecule has 24 heavy (non-hydrogen) atoms. The Morgan fingerprint density at radius 2 is 1.58 bits per heavy atom. The number of rotatable bonds is 6. The van der Waals surface area contributed by atoms with Crippen LogP contribution in [-0.4, -0.2) is 33.2 Å². The van der Waals surface area contributed by atoms with Crippen LogP contribution in [0.1, 0.15) is 5.56 Å². The zero-order chi connectivity index (χ0) is 16.6. The standard InChI is InChI=1S/C16H16N8/c1-17-14-21-15(20-13-5-3-2-4-6-13)23-16(22-14)24-19-11-12-7-9-18-10-8-12/h2-11H,1H3,(H3,17,20,21,22,23,24)/b19-11+. The second kappa shape index (κ2) is 7.63. The number of anilines is 4. The van der Waals surface area contributed by atoms with Crippen molar-refractivity contribution in [2.45, 2.75) is 0 Å². The summed E-state index contributed by atoms with van der Waals surface area (Å²) in [6, 6.07) is 13.4. The molecule has 0 radical (unpaired) electrons. The lowest BCUT2D eigenvalue weighted by atomic mass is 10.3. The monoisotopic (exact) mass is 320 g/mol. The lowest BCUT2D eigenvalue weighted by Gasteiger charge is -2.08. The van der Waals surface area contributed by atoms with E-state index >= 15 is 0 Å². The Morgan fingerprint density at radius 3 is 2.33 bits per heavy atom. The minimum Gasteiger partial charge on any atom is -0.357 e. The number of para-hydroxylation sites is 1. The third kappa shape index (κ3) is 4.23. The van der Waals surface area contributed by atoms with E-state index in [1.54, 1.807) is 25.7 Å². The van der Waals surface area contributed by atoms with Crippen LogP contribution in [0.2, 0.25) is 0 Å². The van der Waals surface area contributed by atoms with Gasteiger partial charge in [0.15, 0.2) is 0 Å². The fourth-order valence-electron chi connectivity index (χ4n) is 1.86. The van der Waals surface area contributed by atoms with Gasteiger partial charge < -0.3 is 10.6 Å². The maximum atomic E-state index is 4.30. The average molecular weight is 320 g/mol. The first-order valence-corrected chi connectivity index (χ1v) is 7.28. The Kier molecular flexibility index (Phi) is 4.88. The van der Waals surface area contributed by atoms with E-state index in [1.807, 2.05) is 42.5 Å². The number of nitrogens with one attached hydrogen (secondary N) is 3. The molecule has 1 aromatic carbocycles. The summed E-state index contributed by atoms with van der Waals surface area (Å²) in [5.74, 6) is 1.19. The van der Waals surface area contributed by atoms with Crippen molar-refractivity contribution in [3.05, 3.63) is 60.4 Å². The van der Waals surface area contributed by atoms with Crippen LogP contribution in [0.3, 0.4) is 0 Å². The molecule has 8 heteroatoms. The predicted molar refractivity (Wildman–Crippen MR) is 94.6 cm³/mol. The summed E-state index contributed by atoms with van der Waals surface area (Å²) in [5.41, 5.74) is 4.61. The van der Waals surface area contributed by atoms with E-state index < -0.39 is 0 Å². The highest BCUT2D eigenvalue weighted by molar-refractivity contribution is 5.79. The summed E-state index contributed by atoms with van der Waals surface area (Å²) in [6.45, 7) is 0. The molecular formula is C16H16N8. The number of hydrazone groups is 1. The fraction of sp³-hybridized carbons (Fsp3) is 0.0625. The first-order chi connectivity index (χ1) is 11.8. The first kappa shape index (κ1) is 15.3. The van der Waals surface area contributed by atoms with Crippen LogP contribution in [0.25, 0.3) is 0 Å². The summed E-state index contributed by atoms with van der Waals surface area (Å²) >= 11 is 0. The SMILES string of the molecule is CNc1nc(N/N=C/c2ccncc2)nc(Nc2ccccc2)n1. The van der Waals surface area contributed by atoms with Crippen LogP contribution in [0.5, 0.6) is 0 Å². The average Bonchev–Trinajstić information content (AvgIpc) is 2.63. The molecule has 0 atom stereocenters. The maximum Gasteiger partial charge on any atom is 0.250 e. The number of pyridine rings is 1. The van der Waals surface area contributed by atoms with Crippen LogP contribution in [-0.2, 0) is 0 Å². The molecule has 0 saturated heterocycles. The molecule has 0 spiro atoms. The topological polar surface area (TPSA) is 100 Å². The van der Waals surface area contributed by atoms with Gasteiger partial charge >= 0.3 is 0 Å². The van der Waals surface area contributed by atoms with Crippen molar-refractivity contribution in [3.63, 3.8) is 0 Å². The number of nitrogens with zero attached hydrogens (tertiary/aromatic N) is 5. The van der Waals surface area contributed by atoms with E-state index in [9.17, 15) is 0 Å². The highest BCUT2D eigenvalue weighted by atomic mass is 15.4. The Balaban J connectivity index is 1.75. The highest BCUT2D eigenvalue weighted by Gasteiger charge is 2.05. The van der Waals surface area contributed by atoms with Gasteiger partial charge in [0, 0.05) is 25.1 Å². The predicted octanol–water partition coefficient (Wildman–Crippen LogP) is 2.50. The van der Waals surface area contributed by atoms with E-state index in [2.05, 4.69) is 41.1 Å². The van der Waals surface area contributed by atoms with E-state index in [0.717, 1.165) is 11.3 Å². The van der Waals surface area contributed by atoms with Gasteiger partial charge in [0.05, 0.1) is 6.21 Å². The Labute approximate surface area is 139 Å². The second-order valence-corrected chi connectivity index (χ2v) is 4.70. The molecule has 3 N–H and O–H groups in total. The molecule has 2 aromatic heterocycles. The van der Waals surface area contributed by atoms with Crippen LogP contribution in [0.15, 0.2) is 60.0 Å². The second-order valence-electron chi connectivity index (χ2n) is 4.70. The van der Waals surface area contributed by atoms with Gasteiger partial charge in [-0.3, -0.25) is 4.98 Å². The fourth-order valence-corrected chi connectivity index (χ4v) is 1.86. The normalized spacial score (nSPS) is 10.5. The van der Waals surface area contributed by atoms with Gasteiger partial charge in [-0.1, -0.05) is 18.2 Å². The molecule has 8 nitrogen and oxygen atoms in total. The summed E-state index contributed by atoms with van der Waals surface area (Å²) in [4.78, 5) is 16.7. The van der Waals surface area contributed by atoms with Crippen LogP contribution >= 0.6 is 0 Å². The molecule has 0 bridgehead atoms. The lowest BCUT2D eigenvalue weighted by molar-refractivity contribution is 1.04. The van der Waals surface area contributed by atoms with Crippen LogP contribution < -0.4 is 16.1 Å². The van der Waals surface area contributed by atoms with Crippen molar-refractivity contribution in [2.24, 2.45) is 5.10 Å². The van der Waals surface area contributed by atoms with Crippen molar-refractivity contribution in [3.8, 4) is 0 Å². The summed E-state index contributed by atoms with van der Waals surface area (Å²) in [7, 11) is 1.74. The molecule has 0 aliphatic heterocycles. The Hall–Kier alpha value is -3.55. The molecular weight excluding hydrogens is 304 g/mol. The van der Waals surface area contributed by atoms with Crippen molar-refractivity contribution >= 4 is 29.7 Å². The zero-order valence-electron chi connectivity index (χ0n) is 13.0. The van der Waals surface area contributed by atoms with Gasteiger partial charge in [0.1, 0.15) is 0 Å². The largest absolute Gasteiger partial charge is 0.357 e. The smallest absolute Gasteiger partial charge is 0.250 e. The molecule has 0 saturated carbocycles.